The van der Waals surface area contributed by atoms with Crippen molar-refractivity contribution in [2.45, 2.75) is 34.1 Å². The topological polar surface area (TPSA) is 0 Å². The summed E-state index contributed by atoms with van der Waals surface area (Å²) in [6, 6.07) is 21.6. The van der Waals surface area contributed by atoms with Gasteiger partial charge in [-0.1, -0.05) is 92.7 Å². The molecule has 0 heteroatoms. The SMILES string of the molecule is C/C=C(C)\C(=C(/CC(C)(C)C1=C=CC=C1)c1ccccc1)c1ccccc1. The highest BCUT2D eigenvalue weighted by Crippen LogP contribution is 2.43. The van der Waals surface area contributed by atoms with E-state index >= 15 is 0 Å². The van der Waals surface area contributed by atoms with Crippen LogP contribution in [0.1, 0.15) is 45.2 Å². The molecule has 0 fully saturated rings. The number of hydrogen-bond acceptors (Lipinski definition) is 0. The zero-order valence-corrected chi connectivity index (χ0v) is 16.8. The Morgan fingerprint density at radius 2 is 1.52 bits per heavy atom. The van der Waals surface area contributed by atoms with Gasteiger partial charge < -0.3 is 0 Å². The maximum Gasteiger partial charge on any atom is 0.00105 e. The first kappa shape index (κ1) is 19.0. The molecule has 0 heterocycles. The Bertz CT molecular complexity index is 942. The minimum absolute atomic E-state index is 0.00270. The molecule has 0 saturated carbocycles. The number of rotatable bonds is 6. The van der Waals surface area contributed by atoms with E-state index < -0.39 is 0 Å². The average molecular weight is 353 g/mol. The maximum absolute atomic E-state index is 3.42. The summed E-state index contributed by atoms with van der Waals surface area (Å²) in [7, 11) is 0. The molecule has 0 unspecified atom stereocenters. The third-order valence-electron chi connectivity index (χ3n) is 5.26. The molecule has 136 valence electrons. The van der Waals surface area contributed by atoms with Gasteiger partial charge in [0.05, 0.1) is 0 Å². The van der Waals surface area contributed by atoms with Gasteiger partial charge in [0.2, 0.25) is 0 Å². The standard InChI is InChI=1S/C27H28/c1-5-21(2)26(23-16-10-7-11-17-23)25(22-14-8-6-9-15-22)20-27(3,4)24-18-12-13-19-24/h5-18H,20H2,1-4H3/b21-5-,26-25-. The number of allylic oxidation sites excluding steroid dienone is 7. The van der Waals surface area contributed by atoms with Crippen molar-refractivity contribution in [3.8, 4) is 0 Å². The molecule has 0 spiro atoms. The van der Waals surface area contributed by atoms with E-state index in [0.29, 0.717) is 0 Å². The maximum atomic E-state index is 3.42. The van der Waals surface area contributed by atoms with Crippen molar-refractivity contribution in [2.75, 3.05) is 0 Å². The quantitative estimate of drug-likeness (QED) is 0.285. The van der Waals surface area contributed by atoms with Gasteiger partial charge in [0.25, 0.3) is 0 Å². The molecule has 0 nitrogen and oxygen atoms in total. The highest BCUT2D eigenvalue weighted by molar-refractivity contribution is 5.98. The molecule has 27 heavy (non-hydrogen) atoms. The zero-order valence-electron chi connectivity index (χ0n) is 16.8. The van der Waals surface area contributed by atoms with Crippen LogP contribution < -0.4 is 0 Å². The molecule has 2 aromatic carbocycles. The van der Waals surface area contributed by atoms with Crippen molar-refractivity contribution >= 4 is 11.1 Å². The number of hydrogen-bond donors (Lipinski definition) is 0. The Hall–Kier alpha value is -2.82. The largest absolute Gasteiger partial charge is 0.117 e. The van der Waals surface area contributed by atoms with Gasteiger partial charge in [-0.05, 0) is 59.8 Å². The Kier molecular flexibility index (Phi) is 5.79. The molecule has 0 bridgehead atoms. The van der Waals surface area contributed by atoms with E-state index in [0.717, 1.165) is 6.42 Å². The van der Waals surface area contributed by atoms with E-state index in [-0.39, 0.29) is 5.41 Å². The van der Waals surface area contributed by atoms with E-state index in [1.54, 1.807) is 0 Å². The van der Waals surface area contributed by atoms with Gasteiger partial charge in [-0.3, -0.25) is 0 Å². The fourth-order valence-electron chi connectivity index (χ4n) is 3.65. The molecule has 0 amide bonds. The van der Waals surface area contributed by atoms with Gasteiger partial charge in [0.15, 0.2) is 0 Å². The van der Waals surface area contributed by atoms with Crippen molar-refractivity contribution in [3.63, 3.8) is 0 Å². The van der Waals surface area contributed by atoms with E-state index in [1.807, 2.05) is 6.08 Å². The minimum atomic E-state index is 0.00270. The summed E-state index contributed by atoms with van der Waals surface area (Å²) in [5.41, 5.74) is 11.3. The second-order valence-corrected chi connectivity index (χ2v) is 7.70. The van der Waals surface area contributed by atoms with Crippen molar-refractivity contribution in [2.24, 2.45) is 5.41 Å². The predicted octanol–water partition coefficient (Wildman–Crippen LogP) is 7.63. The summed E-state index contributed by atoms with van der Waals surface area (Å²) >= 11 is 0. The molecular weight excluding hydrogens is 324 g/mol. The molecule has 0 aliphatic heterocycles. The molecule has 0 atom stereocenters. The number of benzene rings is 2. The van der Waals surface area contributed by atoms with Crippen LogP contribution in [-0.2, 0) is 0 Å². The molecule has 1 aliphatic carbocycles. The van der Waals surface area contributed by atoms with Gasteiger partial charge in [-0.15, -0.1) is 5.73 Å². The lowest BCUT2D eigenvalue weighted by molar-refractivity contribution is 0.474. The lowest BCUT2D eigenvalue weighted by Gasteiger charge is -2.28. The van der Waals surface area contributed by atoms with Crippen molar-refractivity contribution in [3.05, 3.63) is 113 Å². The lowest BCUT2D eigenvalue weighted by Crippen LogP contribution is -2.14. The Morgan fingerprint density at radius 3 is 2.04 bits per heavy atom. The van der Waals surface area contributed by atoms with Gasteiger partial charge in [-0.25, -0.2) is 0 Å². The fourth-order valence-corrected chi connectivity index (χ4v) is 3.65. The van der Waals surface area contributed by atoms with Crippen LogP contribution in [0.15, 0.2) is 102 Å². The summed E-state index contributed by atoms with van der Waals surface area (Å²) in [6.07, 6.45) is 9.45. The third kappa shape index (κ3) is 4.30. The van der Waals surface area contributed by atoms with Gasteiger partial charge in [-0.2, -0.15) is 0 Å². The van der Waals surface area contributed by atoms with Gasteiger partial charge in [0, 0.05) is 5.41 Å². The molecule has 0 N–H and O–H groups in total. The molecular formula is C27H28. The van der Waals surface area contributed by atoms with E-state index in [9.17, 15) is 0 Å². The summed E-state index contributed by atoms with van der Waals surface area (Å²) in [6.45, 7) is 8.97. The van der Waals surface area contributed by atoms with E-state index in [2.05, 4.69) is 112 Å². The average Bonchev–Trinajstić information content (AvgIpc) is 3.24. The summed E-state index contributed by atoms with van der Waals surface area (Å²) < 4.78 is 0. The lowest BCUT2D eigenvalue weighted by atomic mass is 9.75. The Labute approximate surface area is 164 Å². The first-order chi connectivity index (χ1) is 13.0. The third-order valence-corrected chi connectivity index (χ3v) is 5.26. The second-order valence-electron chi connectivity index (χ2n) is 7.70. The Balaban J connectivity index is 2.23. The summed E-state index contributed by atoms with van der Waals surface area (Å²) in [5.74, 6) is 0. The molecule has 1 aliphatic rings. The van der Waals surface area contributed by atoms with Crippen LogP contribution in [0.25, 0.3) is 11.1 Å². The van der Waals surface area contributed by atoms with Crippen molar-refractivity contribution in [1.82, 2.24) is 0 Å². The van der Waals surface area contributed by atoms with Crippen LogP contribution in [0.5, 0.6) is 0 Å². The summed E-state index contributed by atoms with van der Waals surface area (Å²) in [5, 5.41) is 0. The van der Waals surface area contributed by atoms with Crippen molar-refractivity contribution in [1.29, 1.82) is 0 Å². The molecule has 2 aromatic rings. The normalized spacial score (nSPS) is 15.0. The molecule has 0 aromatic heterocycles. The summed E-state index contributed by atoms with van der Waals surface area (Å²) in [4.78, 5) is 0. The minimum Gasteiger partial charge on any atom is -0.117 e. The first-order valence-electron chi connectivity index (χ1n) is 9.64. The predicted molar refractivity (Wildman–Crippen MR) is 118 cm³/mol. The Morgan fingerprint density at radius 1 is 0.926 bits per heavy atom. The van der Waals surface area contributed by atoms with E-state index in [1.165, 1.54) is 33.4 Å². The molecule has 0 radical (unpaired) electrons. The second kappa shape index (κ2) is 8.25. The monoisotopic (exact) mass is 352 g/mol. The van der Waals surface area contributed by atoms with Gasteiger partial charge in [0.1, 0.15) is 0 Å². The van der Waals surface area contributed by atoms with Crippen molar-refractivity contribution < 1.29 is 0 Å². The van der Waals surface area contributed by atoms with Crippen LogP contribution in [0, 0.1) is 5.41 Å². The van der Waals surface area contributed by atoms with Crippen LogP contribution >= 0.6 is 0 Å². The van der Waals surface area contributed by atoms with Gasteiger partial charge >= 0.3 is 0 Å². The molecule has 0 saturated heterocycles. The first-order valence-corrected chi connectivity index (χ1v) is 9.64. The smallest absolute Gasteiger partial charge is 0.00105 e. The van der Waals surface area contributed by atoms with Crippen LogP contribution in [0.4, 0.5) is 0 Å². The highest BCUT2D eigenvalue weighted by Gasteiger charge is 2.27. The van der Waals surface area contributed by atoms with Crippen LogP contribution in [-0.4, -0.2) is 0 Å². The fraction of sp³-hybridized carbons (Fsp3) is 0.222. The van der Waals surface area contributed by atoms with Crippen LogP contribution in [0.2, 0.25) is 0 Å². The molecule has 3 rings (SSSR count). The van der Waals surface area contributed by atoms with E-state index in [4.69, 9.17) is 0 Å². The zero-order chi connectivity index (χ0) is 19.3. The highest BCUT2D eigenvalue weighted by atomic mass is 14.3. The van der Waals surface area contributed by atoms with Crippen LogP contribution in [0.3, 0.4) is 0 Å².